The Morgan fingerprint density at radius 2 is 2.24 bits per heavy atom. The molecule has 0 saturated carbocycles. The zero-order chi connectivity index (χ0) is 12.0. The molecule has 88 valence electrons. The Labute approximate surface area is 100 Å². The zero-order valence-corrected chi connectivity index (χ0v) is 9.85. The van der Waals surface area contributed by atoms with Gasteiger partial charge < -0.3 is 0 Å². The monoisotopic (exact) mass is 249 g/mol. The Bertz CT molecular complexity index is 602. The van der Waals surface area contributed by atoms with Crippen molar-refractivity contribution in [1.82, 2.24) is 4.31 Å². The van der Waals surface area contributed by atoms with Crippen LogP contribution < -0.4 is 0 Å². The van der Waals surface area contributed by atoms with Crippen LogP contribution in [0.1, 0.15) is 17.2 Å². The fourth-order valence-electron chi connectivity index (χ4n) is 2.58. The molecule has 0 radical (unpaired) electrons. The van der Waals surface area contributed by atoms with Gasteiger partial charge in [-0.2, -0.15) is 12.7 Å². The zero-order valence-electron chi connectivity index (χ0n) is 9.04. The molecular formula is C12H11NO3S. The lowest BCUT2D eigenvalue weighted by molar-refractivity contribution is 0.214. The van der Waals surface area contributed by atoms with Gasteiger partial charge in [0, 0.05) is 6.42 Å². The number of fused-ring (bicyclic) bond motifs is 3. The normalized spacial score (nSPS) is 29.6. The van der Waals surface area contributed by atoms with Crippen molar-refractivity contribution in [2.75, 3.05) is 6.54 Å². The molecule has 1 fully saturated rings. The Morgan fingerprint density at radius 3 is 3.00 bits per heavy atom. The van der Waals surface area contributed by atoms with Gasteiger partial charge in [0.2, 0.25) is 0 Å². The van der Waals surface area contributed by atoms with Gasteiger partial charge in [-0.05, 0) is 11.1 Å². The lowest BCUT2D eigenvalue weighted by atomic mass is 10.1. The maximum atomic E-state index is 11.8. The lowest BCUT2D eigenvalue weighted by Gasteiger charge is -2.17. The first kappa shape index (κ1) is 10.8. The smallest absolute Gasteiger partial charge is 0.252 e. The first-order chi connectivity index (χ1) is 8.13. The average molecular weight is 249 g/mol. The maximum absolute atomic E-state index is 11.8. The van der Waals surface area contributed by atoms with E-state index in [1.807, 2.05) is 24.3 Å². The summed E-state index contributed by atoms with van der Waals surface area (Å²) in [5.74, 6) is 2.38. The third-order valence-electron chi connectivity index (χ3n) is 3.24. The van der Waals surface area contributed by atoms with E-state index in [4.69, 9.17) is 10.6 Å². The fourth-order valence-corrected chi connectivity index (χ4v) is 3.94. The molecule has 5 heteroatoms. The molecule has 0 N–H and O–H groups in total. The van der Waals surface area contributed by atoms with Crippen molar-refractivity contribution < 1.29 is 12.6 Å². The molecule has 2 atom stereocenters. The Hall–Kier alpha value is -1.35. The van der Waals surface area contributed by atoms with Crippen LogP contribution in [0.5, 0.6) is 0 Å². The van der Waals surface area contributed by atoms with Gasteiger partial charge >= 0.3 is 10.3 Å². The van der Waals surface area contributed by atoms with E-state index in [-0.39, 0.29) is 18.7 Å². The van der Waals surface area contributed by atoms with Crippen LogP contribution in [0, 0.1) is 12.3 Å². The molecule has 0 unspecified atom stereocenters. The molecular weight excluding hydrogens is 238 g/mol. The molecule has 3 rings (SSSR count). The fraction of sp³-hybridized carbons (Fsp3) is 0.333. The molecule has 2 aliphatic rings. The largest absolute Gasteiger partial charge is 0.340 e. The minimum absolute atomic E-state index is 0.0534. The van der Waals surface area contributed by atoms with Gasteiger partial charge in [0.15, 0.2) is 0 Å². The molecule has 1 aliphatic heterocycles. The molecule has 0 bridgehead atoms. The molecule has 0 aromatic heterocycles. The van der Waals surface area contributed by atoms with Crippen molar-refractivity contribution in [2.45, 2.75) is 18.6 Å². The van der Waals surface area contributed by atoms with Gasteiger partial charge in [0.1, 0.15) is 6.10 Å². The summed E-state index contributed by atoms with van der Waals surface area (Å²) in [4.78, 5) is 0. The maximum Gasteiger partial charge on any atom is 0.340 e. The van der Waals surface area contributed by atoms with Gasteiger partial charge in [-0.3, -0.25) is 4.18 Å². The Balaban J connectivity index is 2.09. The van der Waals surface area contributed by atoms with E-state index < -0.39 is 10.3 Å². The van der Waals surface area contributed by atoms with E-state index in [0.717, 1.165) is 11.1 Å². The van der Waals surface area contributed by atoms with Gasteiger partial charge in [-0.15, -0.1) is 6.42 Å². The molecule has 1 aromatic rings. The van der Waals surface area contributed by atoms with Crippen molar-refractivity contribution in [3.05, 3.63) is 35.4 Å². The summed E-state index contributed by atoms with van der Waals surface area (Å²) in [7, 11) is -3.66. The summed E-state index contributed by atoms with van der Waals surface area (Å²) in [6, 6.07) is 7.53. The predicted molar refractivity (Wildman–Crippen MR) is 62.2 cm³/mol. The first-order valence-corrected chi connectivity index (χ1v) is 6.71. The van der Waals surface area contributed by atoms with Gasteiger partial charge in [-0.25, -0.2) is 0 Å². The topological polar surface area (TPSA) is 46.6 Å². The van der Waals surface area contributed by atoms with E-state index in [1.54, 1.807) is 0 Å². The van der Waals surface area contributed by atoms with Crippen LogP contribution >= 0.6 is 0 Å². The third kappa shape index (κ3) is 1.49. The summed E-state index contributed by atoms with van der Waals surface area (Å²) in [5, 5.41) is 0. The number of nitrogens with zero attached hydrogens (tertiary/aromatic N) is 1. The van der Waals surface area contributed by atoms with E-state index in [2.05, 4.69) is 5.92 Å². The second-order valence-electron chi connectivity index (χ2n) is 4.19. The van der Waals surface area contributed by atoms with E-state index in [9.17, 15) is 8.42 Å². The molecule has 1 aliphatic carbocycles. The van der Waals surface area contributed by atoms with E-state index in [1.165, 1.54) is 4.31 Å². The highest BCUT2D eigenvalue weighted by Gasteiger charge is 2.50. The number of hydrogen-bond donors (Lipinski definition) is 0. The number of terminal acetylenes is 1. The van der Waals surface area contributed by atoms with Gasteiger partial charge in [0.05, 0.1) is 12.6 Å². The van der Waals surface area contributed by atoms with Crippen LogP contribution in [0.2, 0.25) is 0 Å². The summed E-state index contributed by atoms with van der Waals surface area (Å²) in [6.07, 6.45) is 5.52. The number of rotatable bonds is 1. The standard InChI is InChI=1S/C12H11NO3S/c1-2-7-13-12-10-6-4-3-5-9(10)8-11(12)16-17(13,14)15/h1,3-6,11-12H,7-8H2/t11-,12-/m0/s1. The molecule has 17 heavy (non-hydrogen) atoms. The highest BCUT2D eigenvalue weighted by atomic mass is 32.2. The van der Waals surface area contributed by atoms with Crippen LogP contribution in [0.15, 0.2) is 24.3 Å². The molecule has 1 aromatic carbocycles. The van der Waals surface area contributed by atoms with Crippen LogP contribution in [0.3, 0.4) is 0 Å². The van der Waals surface area contributed by atoms with E-state index in [0.29, 0.717) is 6.42 Å². The van der Waals surface area contributed by atoms with E-state index >= 15 is 0 Å². The highest BCUT2D eigenvalue weighted by molar-refractivity contribution is 7.84. The number of hydrogen-bond acceptors (Lipinski definition) is 3. The van der Waals surface area contributed by atoms with Gasteiger partial charge in [0.25, 0.3) is 0 Å². The molecule has 1 heterocycles. The molecule has 1 saturated heterocycles. The number of benzene rings is 1. The lowest BCUT2D eigenvalue weighted by Crippen LogP contribution is -2.28. The van der Waals surface area contributed by atoms with Crippen molar-refractivity contribution in [2.24, 2.45) is 0 Å². The van der Waals surface area contributed by atoms with Crippen LogP contribution in [0.4, 0.5) is 0 Å². The third-order valence-corrected chi connectivity index (χ3v) is 4.66. The Morgan fingerprint density at radius 1 is 1.47 bits per heavy atom. The molecule has 4 nitrogen and oxygen atoms in total. The quantitative estimate of drug-likeness (QED) is 0.694. The van der Waals surface area contributed by atoms with Crippen LogP contribution in [-0.2, 0) is 20.9 Å². The molecule has 0 amide bonds. The van der Waals surface area contributed by atoms with Crippen molar-refractivity contribution in [3.8, 4) is 12.3 Å². The Kier molecular flexibility index (Phi) is 2.26. The highest BCUT2D eigenvalue weighted by Crippen LogP contribution is 2.44. The summed E-state index contributed by atoms with van der Waals surface area (Å²) < 4.78 is 30.0. The van der Waals surface area contributed by atoms with Crippen LogP contribution in [-0.4, -0.2) is 25.4 Å². The average Bonchev–Trinajstić information content (AvgIpc) is 2.73. The second kappa shape index (κ2) is 3.57. The summed E-state index contributed by atoms with van der Waals surface area (Å²) in [6.45, 7) is 0.0534. The van der Waals surface area contributed by atoms with Crippen molar-refractivity contribution >= 4 is 10.3 Å². The SMILES string of the molecule is C#CCN1[C@H]2c3ccccc3C[C@@H]2OS1(=O)=O. The minimum Gasteiger partial charge on any atom is -0.252 e. The van der Waals surface area contributed by atoms with Crippen LogP contribution in [0.25, 0.3) is 0 Å². The summed E-state index contributed by atoms with van der Waals surface area (Å²) >= 11 is 0. The minimum atomic E-state index is -3.66. The second-order valence-corrected chi connectivity index (χ2v) is 5.71. The van der Waals surface area contributed by atoms with Crippen molar-refractivity contribution in [3.63, 3.8) is 0 Å². The van der Waals surface area contributed by atoms with Gasteiger partial charge in [-0.1, -0.05) is 30.2 Å². The first-order valence-electron chi connectivity index (χ1n) is 5.35. The predicted octanol–water partition coefficient (Wildman–Crippen LogP) is 0.863. The molecule has 0 spiro atoms. The van der Waals surface area contributed by atoms with Crippen molar-refractivity contribution in [1.29, 1.82) is 0 Å². The summed E-state index contributed by atoms with van der Waals surface area (Å²) in [5.41, 5.74) is 2.15.